The van der Waals surface area contributed by atoms with Crippen LogP contribution in [0.3, 0.4) is 0 Å². The monoisotopic (exact) mass is 329 g/mol. The maximum atomic E-state index is 4.51. The number of nitrogens with zero attached hydrogens (tertiary/aromatic N) is 4. The molecule has 0 radical (unpaired) electrons. The largest absolute Gasteiger partial charge is 0.335 e. The molecule has 0 saturated carbocycles. The molecule has 0 bridgehead atoms. The SMILES string of the molecule is Cc1nccn1CC[C@@H]1CCCCN1Cc1cc(C(C)(C)C)n[nH]1. The van der Waals surface area contributed by atoms with Crippen LogP contribution in [0.15, 0.2) is 18.5 Å². The predicted octanol–water partition coefficient (Wildman–Crippen LogP) is 3.66. The van der Waals surface area contributed by atoms with Gasteiger partial charge >= 0.3 is 0 Å². The number of piperidine rings is 1. The molecular weight excluding hydrogens is 298 g/mol. The molecule has 1 N–H and O–H groups in total. The maximum absolute atomic E-state index is 4.51. The molecule has 2 aromatic heterocycles. The van der Waals surface area contributed by atoms with Crippen molar-refractivity contribution >= 4 is 0 Å². The smallest absolute Gasteiger partial charge is 0.105 e. The van der Waals surface area contributed by atoms with Crippen LogP contribution in [0.2, 0.25) is 0 Å². The fraction of sp³-hybridized carbons (Fsp3) is 0.684. The molecular formula is C19H31N5. The second-order valence-electron chi connectivity index (χ2n) is 8.11. The van der Waals surface area contributed by atoms with E-state index in [9.17, 15) is 0 Å². The Morgan fingerprint density at radius 1 is 1.29 bits per heavy atom. The van der Waals surface area contributed by atoms with Gasteiger partial charge in [-0.05, 0) is 38.8 Å². The van der Waals surface area contributed by atoms with Crippen molar-refractivity contribution in [2.45, 2.75) is 77.9 Å². The van der Waals surface area contributed by atoms with Gasteiger partial charge in [-0.25, -0.2) is 4.98 Å². The van der Waals surface area contributed by atoms with Crippen molar-refractivity contribution < 1.29 is 0 Å². The second-order valence-corrected chi connectivity index (χ2v) is 8.11. The summed E-state index contributed by atoms with van der Waals surface area (Å²) in [6.07, 6.45) is 9.13. The molecule has 0 aromatic carbocycles. The number of aromatic amines is 1. The van der Waals surface area contributed by atoms with E-state index in [0.717, 1.165) is 24.6 Å². The highest BCUT2D eigenvalue weighted by molar-refractivity contribution is 5.16. The number of hydrogen-bond acceptors (Lipinski definition) is 3. The molecule has 0 unspecified atom stereocenters. The lowest BCUT2D eigenvalue weighted by atomic mass is 9.92. The van der Waals surface area contributed by atoms with Crippen molar-refractivity contribution in [3.8, 4) is 0 Å². The van der Waals surface area contributed by atoms with Crippen LogP contribution >= 0.6 is 0 Å². The summed E-state index contributed by atoms with van der Waals surface area (Å²) < 4.78 is 2.26. The van der Waals surface area contributed by atoms with E-state index in [-0.39, 0.29) is 5.41 Å². The molecule has 1 aliphatic rings. The van der Waals surface area contributed by atoms with E-state index in [1.165, 1.54) is 37.9 Å². The Kier molecular flexibility index (Phi) is 5.09. The van der Waals surface area contributed by atoms with E-state index in [1.54, 1.807) is 0 Å². The molecule has 5 nitrogen and oxygen atoms in total. The van der Waals surface area contributed by atoms with Gasteiger partial charge in [0.05, 0.1) is 5.69 Å². The summed E-state index contributed by atoms with van der Waals surface area (Å²) in [6, 6.07) is 2.90. The highest BCUT2D eigenvalue weighted by Gasteiger charge is 2.24. The minimum atomic E-state index is 0.106. The van der Waals surface area contributed by atoms with Gasteiger partial charge in [-0.15, -0.1) is 0 Å². The molecule has 1 saturated heterocycles. The summed E-state index contributed by atoms with van der Waals surface area (Å²) in [5.74, 6) is 1.11. The predicted molar refractivity (Wildman–Crippen MR) is 96.9 cm³/mol. The summed E-state index contributed by atoms with van der Waals surface area (Å²) in [5, 5.41) is 7.76. The van der Waals surface area contributed by atoms with Crippen LogP contribution < -0.4 is 0 Å². The van der Waals surface area contributed by atoms with E-state index >= 15 is 0 Å². The Balaban J connectivity index is 1.62. The molecule has 132 valence electrons. The fourth-order valence-corrected chi connectivity index (χ4v) is 3.57. The summed E-state index contributed by atoms with van der Waals surface area (Å²) >= 11 is 0. The lowest BCUT2D eigenvalue weighted by molar-refractivity contribution is 0.126. The zero-order valence-corrected chi connectivity index (χ0v) is 15.5. The van der Waals surface area contributed by atoms with Crippen molar-refractivity contribution in [3.63, 3.8) is 0 Å². The Bertz CT molecular complexity index is 649. The number of hydrogen-bond donors (Lipinski definition) is 1. The van der Waals surface area contributed by atoms with Gasteiger partial charge in [-0.3, -0.25) is 10.00 Å². The van der Waals surface area contributed by atoms with Crippen LogP contribution in [0.1, 0.15) is 63.7 Å². The number of aromatic nitrogens is 4. The van der Waals surface area contributed by atoms with Gasteiger partial charge in [-0.2, -0.15) is 5.10 Å². The highest BCUT2D eigenvalue weighted by atomic mass is 15.2. The van der Waals surface area contributed by atoms with Gasteiger partial charge in [0.2, 0.25) is 0 Å². The third kappa shape index (κ3) is 4.07. The number of likely N-dealkylation sites (tertiary alicyclic amines) is 1. The van der Waals surface area contributed by atoms with Crippen LogP contribution in [-0.2, 0) is 18.5 Å². The molecule has 3 rings (SSSR count). The van der Waals surface area contributed by atoms with Crippen LogP contribution in [0.25, 0.3) is 0 Å². The maximum Gasteiger partial charge on any atom is 0.105 e. The molecule has 5 heteroatoms. The molecule has 1 aliphatic heterocycles. The van der Waals surface area contributed by atoms with Crippen LogP contribution in [0.4, 0.5) is 0 Å². The zero-order valence-electron chi connectivity index (χ0n) is 15.5. The fourth-order valence-electron chi connectivity index (χ4n) is 3.57. The highest BCUT2D eigenvalue weighted by Crippen LogP contribution is 2.24. The normalized spacial score (nSPS) is 19.8. The van der Waals surface area contributed by atoms with Gasteiger partial charge in [0.1, 0.15) is 5.82 Å². The Labute approximate surface area is 145 Å². The molecule has 0 amide bonds. The number of H-pyrrole nitrogens is 1. The Morgan fingerprint density at radius 3 is 2.79 bits per heavy atom. The van der Waals surface area contributed by atoms with E-state index < -0.39 is 0 Å². The summed E-state index contributed by atoms with van der Waals surface area (Å²) in [7, 11) is 0. The molecule has 3 heterocycles. The topological polar surface area (TPSA) is 49.7 Å². The van der Waals surface area contributed by atoms with Gasteiger partial charge in [0, 0.05) is 42.6 Å². The molecule has 24 heavy (non-hydrogen) atoms. The number of imidazole rings is 1. The van der Waals surface area contributed by atoms with Crippen molar-refractivity contribution in [2.75, 3.05) is 6.54 Å². The molecule has 1 fully saturated rings. The first kappa shape index (κ1) is 17.2. The first-order valence-electron chi connectivity index (χ1n) is 9.20. The van der Waals surface area contributed by atoms with E-state index in [2.05, 4.69) is 64.6 Å². The van der Waals surface area contributed by atoms with E-state index in [1.807, 2.05) is 6.20 Å². The lowest BCUT2D eigenvalue weighted by Crippen LogP contribution is -2.39. The van der Waals surface area contributed by atoms with Gasteiger partial charge in [0.15, 0.2) is 0 Å². The van der Waals surface area contributed by atoms with Crippen LogP contribution in [0, 0.1) is 6.92 Å². The number of aryl methyl sites for hydroxylation is 2. The van der Waals surface area contributed by atoms with Crippen molar-refractivity contribution in [1.82, 2.24) is 24.6 Å². The molecule has 1 atom stereocenters. The summed E-state index contributed by atoms with van der Waals surface area (Å²) in [4.78, 5) is 6.96. The van der Waals surface area contributed by atoms with Crippen molar-refractivity contribution in [3.05, 3.63) is 35.7 Å². The Hall–Kier alpha value is -1.62. The molecule has 0 spiro atoms. The van der Waals surface area contributed by atoms with Gasteiger partial charge in [-0.1, -0.05) is 27.2 Å². The molecule has 0 aliphatic carbocycles. The lowest BCUT2D eigenvalue weighted by Gasteiger charge is -2.35. The van der Waals surface area contributed by atoms with Gasteiger partial charge in [0.25, 0.3) is 0 Å². The standard InChI is InChI=1S/C19H31N5/c1-15-20-9-12-23(15)11-8-17-7-5-6-10-24(17)14-16-13-18(22-21-16)19(2,3)4/h9,12-13,17H,5-8,10-11,14H2,1-4H3,(H,21,22)/t17-/m0/s1. The first-order valence-corrected chi connectivity index (χ1v) is 9.20. The van der Waals surface area contributed by atoms with E-state index in [4.69, 9.17) is 0 Å². The number of nitrogens with one attached hydrogen (secondary N) is 1. The quantitative estimate of drug-likeness (QED) is 0.911. The average molecular weight is 329 g/mol. The second kappa shape index (κ2) is 7.09. The summed E-state index contributed by atoms with van der Waals surface area (Å²) in [6.45, 7) is 12.0. The van der Waals surface area contributed by atoms with Crippen LogP contribution in [-0.4, -0.2) is 37.2 Å². The summed E-state index contributed by atoms with van der Waals surface area (Å²) in [5.41, 5.74) is 2.50. The third-order valence-corrected chi connectivity index (χ3v) is 5.15. The molecule has 2 aromatic rings. The minimum Gasteiger partial charge on any atom is -0.335 e. The van der Waals surface area contributed by atoms with Gasteiger partial charge < -0.3 is 4.57 Å². The average Bonchev–Trinajstić information content (AvgIpc) is 3.15. The van der Waals surface area contributed by atoms with Crippen LogP contribution in [0.5, 0.6) is 0 Å². The zero-order chi connectivity index (χ0) is 17.2. The Morgan fingerprint density at radius 2 is 2.12 bits per heavy atom. The third-order valence-electron chi connectivity index (χ3n) is 5.15. The van der Waals surface area contributed by atoms with Crippen molar-refractivity contribution in [2.24, 2.45) is 0 Å². The van der Waals surface area contributed by atoms with E-state index in [0.29, 0.717) is 6.04 Å². The van der Waals surface area contributed by atoms with Crippen molar-refractivity contribution in [1.29, 1.82) is 0 Å². The first-order chi connectivity index (χ1) is 11.4. The minimum absolute atomic E-state index is 0.106. The number of rotatable bonds is 5.